The number of rotatable bonds is 4. The number of nitrogens with zero attached hydrogens (tertiary/aromatic N) is 5. The van der Waals surface area contributed by atoms with Gasteiger partial charge in [-0.3, -0.25) is 9.48 Å². The number of halogens is 2. The molecule has 2 atom stereocenters. The molecule has 0 unspecified atom stereocenters. The first-order valence-corrected chi connectivity index (χ1v) is 9.65. The highest BCUT2D eigenvalue weighted by Gasteiger charge is 2.29. The zero-order valence-corrected chi connectivity index (χ0v) is 16.0. The maximum Gasteiger partial charge on any atom is 0.282 e. The molecule has 4 heterocycles. The van der Waals surface area contributed by atoms with Crippen LogP contribution in [0.5, 0.6) is 0 Å². The molecule has 2 aromatic rings. The van der Waals surface area contributed by atoms with Crippen LogP contribution in [0.25, 0.3) is 0 Å². The van der Waals surface area contributed by atoms with Crippen LogP contribution in [0.3, 0.4) is 0 Å². The number of fused-ring (bicyclic) bond motifs is 1. The number of hydrogen-bond acceptors (Lipinski definition) is 5. The fourth-order valence-electron chi connectivity index (χ4n) is 3.97. The molecule has 1 N–H and O–H groups in total. The van der Waals surface area contributed by atoms with Gasteiger partial charge in [-0.1, -0.05) is 0 Å². The Morgan fingerprint density at radius 1 is 1.39 bits per heavy atom. The summed E-state index contributed by atoms with van der Waals surface area (Å²) < 4.78 is 27.2. The summed E-state index contributed by atoms with van der Waals surface area (Å²) in [6.07, 6.45) is 2.01. The number of carbonyl (C=O) groups excluding carboxylic acids is 1. The number of hydrogen-bond donors (Lipinski definition) is 1. The monoisotopic (exact) mass is 390 g/mol. The van der Waals surface area contributed by atoms with E-state index in [0.29, 0.717) is 25.2 Å². The number of amides is 1. The molecular formula is C19H24F2N6O. The van der Waals surface area contributed by atoms with Crippen LogP contribution < -0.4 is 5.32 Å². The van der Waals surface area contributed by atoms with E-state index >= 15 is 0 Å². The Bertz CT molecular complexity index is 877. The fraction of sp³-hybridized carbons (Fsp3) is 0.579. The molecule has 0 aliphatic carbocycles. The topological polar surface area (TPSA) is 75.9 Å². The highest BCUT2D eigenvalue weighted by atomic mass is 19.3. The van der Waals surface area contributed by atoms with Gasteiger partial charge in [0.05, 0.1) is 11.7 Å². The van der Waals surface area contributed by atoms with Crippen molar-refractivity contribution in [3.63, 3.8) is 0 Å². The van der Waals surface area contributed by atoms with E-state index in [1.54, 1.807) is 18.7 Å². The Balaban J connectivity index is 1.48. The van der Waals surface area contributed by atoms with E-state index in [1.807, 2.05) is 6.20 Å². The molecule has 28 heavy (non-hydrogen) atoms. The predicted molar refractivity (Wildman–Crippen MR) is 97.8 cm³/mol. The van der Waals surface area contributed by atoms with Crippen molar-refractivity contribution in [2.75, 3.05) is 13.1 Å². The summed E-state index contributed by atoms with van der Waals surface area (Å²) in [5.74, 6) is 0.690. The molecule has 4 rings (SSSR count). The molecule has 9 heteroatoms. The standard InChI is InChI=1S/C19H24F2N6O/c1-11-8-16(17(20)21)25-27(11)12(2)19(28)26-7-5-14-13(10-26)9-23-18(24-14)15-4-3-6-22-15/h8-9,12,15,17,22H,3-7,10H2,1-2H3/t12-,15-/m1/s1. The summed E-state index contributed by atoms with van der Waals surface area (Å²) in [6.45, 7) is 5.34. The van der Waals surface area contributed by atoms with Crippen LogP contribution in [0.4, 0.5) is 8.78 Å². The molecule has 0 spiro atoms. The number of nitrogens with one attached hydrogen (secondary N) is 1. The normalized spacial score (nSPS) is 20.5. The molecule has 1 fully saturated rings. The zero-order chi connectivity index (χ0) is 19.8. The molecular weight excluding hydrogens is 366 g/mol. The molecule has 2 aliphatic heterocycles. The second kappa shape index (κ2) is 7.54. The lowest BCUT2D eigenvalue weighted by atomic mass is 10.1. The van der Waals surface area contributed by atoms with Crippen molar-refractivity contribution in [3.8, 4) is 0 Å². The minimum atomic E-state index is -2.65. The average Bonchev–Trinajstić information content (AvgIpc) is 3.36. The molecule has 0 bridgehead atoms. The van der Waals surface area contributed by atoms with E-state index in [2.05, 4.69) is 15.4 Å². The van der Waals surface area contributed by atoms with Crippen molar-refractivity contribution in [2.45, 2.75) is 58.2 Å². The second-order valence-electron chi connectivity index (χ2n) is 7.49. The van der Waals surface area contributed by atoms with Crippen LogP contribution in [-0.2, 0) is 17.8 Å². The first-order valence-electron chi connectivity index (χ1n) is 9.65. The van der Waals surface area contributed by atoms with Gasteiger partial charge in [0.2, 0.25) is 5.91 Å². The summed E-state index contributed by atoms with van der Waals surface area (Å²) in [6, 6.07) is 0.903. The SMILES string of the molecule is Cc1cc(C(F)F)nn1[C@H](C)C(=O)N1CCc2nc([C@H]3CCCN3)ncc2C1. The van der Waals surface area contributed by atoms with Gasteiger partial charge in [-0.05, 0) is 39.3 Å². The first kappa shape index (κ1) is 18.9. The lowest BCUT2D eigenvalue weighted by molar-refractivity contribution is -0.135. The van der Waals surface area contributed by atoms with Gasteiger partial charge in [0.25, 0.3) is 6.43 Å². The van der Waals surface area contributed by atoms with Gasteiger partial charge in [0.15, 0.2) is 0 Å². The van der Waals surface area contributed by atoms with Crippen molar-refractivity contribution in [1.29, 1.82) is 0 Å². The predicted octanol–water partition coefficient (Wildman–Crippen LogP) is 2.49. The van der Waals surface area contributed by atoms with E-state index < -0.39 is 12.5 Å². The molecule has 1 saturated heterocycles. The van der Waals surface area contributed by atoms with Gasteiger partial charge in [-0.15, -0.1) is 0 Å². The molecule has 0 radical (unpaired) electrons. The van der Waals surface area contributed by atoms with Crippen LogP contribution in [0.2, 0.25) is 0 Å². The number of aromatic nitrogens is 4. The van der Waals surface area contributed by atoms with Gasteiger partial charge in [-0.2, -0.15) is 5.10 Å². The molecule has 0 aromatic carbocycles. The fourth-order valence-corrected chi connectivity index (χ4v) is 3.97. The van der Waals surface area contributed by atoms with Gasteiger partial charge in [-0.25, -0.2) is 18.7 Å². The Hall–Kier alpha value is -2.42. The van der Waals surface area contributed by atoms with Crippen LogP contribution >= 0.6 is 0 Å². The van der Waals surface area contributed by atoms with Crippen LogP contribution in [0.1, 0.15) is 66.7 Å². The van der Waals surface area contributed by atoms with Gasteiger partial charge in [0.1, 0.15) is 17.6 Å². The van der Waals surface area contributed by atoms with Crippen molar-refractivity contribution in [3.05, 3.63) is 40.7 Å². The number of carbonyl (C=O) groups is 1. The first-order chi connectivity index (χ1) is 13.4. The van der Waals surface area contributed by atoms with Gasteiger partial charge in [0, 0.05) is 37.0 Å². The van der Waals surface area contributed by atoms with E-state index in [9.17, 15) is 13.6 Å². The summed E-state index contributed by atoms with van der Waals surface area (Å²) in [4.78, 5) is 23.9. The molecule has 150 valence electrons. The lowest BCUT2D eigenvalue weighted by Crippen LogP contribution is -2.40. The minimum Gasteiger partial charge on any atom is -0.336 e. The third-order valence-electron chi connectivity index (χ3n) is 5.53. The Morgan fingerprint density at radius 3 is 2.89 bits per heavy atom. The second-order valence-corrected chi connectivity index (χ2v) is 7.49. The summed E-state index contributed by atoms with van der Waals surface area (Å²) in [7, 11) is 0. The lowest BCUT2D eigenvalue weighted by Gasteiger charge is -2.31. The number of alkyl halides is 2. The molecule has 1 amide bonds. The molecule has 2 aliphatic rings. The van der Waals surface area contributed by atoms with Crippen LogP contribution in [0.15, 0.2) is 12.3 Å². The quantitative estimate of drug-likeness (QED) is 0.868. The molecule has 0 saturated carbocycles. The summed E-state index contributed by atoms with van der Waals surface area (Å²) in [5, 5.41) is 7.31. The maximum absolute atomic E-state index is 12.9. The van der Waals surface area contributed by atoms with Gasteiger partial charge < -0.3 is 10.2 Å². The van der Waals surface area contributed by atoms with E-state index in [-0.39, 0.29) is 17.6 Å². The minimum absolute atomic E-state index is 0.140. The Morgan fingerprint density at radius 2 is 2.21 bits per heavy atom. The largest absolute Gasteiger partial charge is 0.336 e. The van der Waals surface area contributed by atoms with E-state index in [4.69, 9.17) is 4.98 Å². The van der Waals surface area contributed by atoms with Crippen molar-refractivity contribution >= 4 is 5.91 Å². The van der Waals surface area contributed by atoms with Crippen molar-refractivity contribution in [1.82, 2.24) is 30.0 Å². The van der Waals surface area contributed by atoms with Gasteiger partial charge >= 0.3 is 0 Å². The summed E-state index contributed by atoms with van der Waals surface area (Å²) in [5.41, 5.74) is 2.18. The third kappa shape index (κ3) is 3.50. The van der Waals surface area contributed by atoms with Crippen molar-refractivity contribution in [2.24, 2.45) is 0 Å². The zero-order valence-electron chi connectivity index (χ0n) is 16.0. The van der Waals surface area contributed by atoms with E-state index in [0.717, 1.165) is 36.5 Å². The third-order valence-corrected chi connectivity index (χ3v) is 5.53. The van der Waals surface area contributed by atoms with Crippen molar-refractivity contribution < 1.29 is 13.6 Å². The number of aryl methyl sites for hydroxylation is 1. The molecule has 7 nitrogen and oxygen atoms in total. The average molecular weight is 390 g/mol. The highest BCUT2D eigenvalue weighted by molar-refractivity contribution is 5.80. The van der Waals surface area contributed by atoms with Crippen LogP contribution in [-0.4, -0.2) is 43.6 Å². The Labute approximate surface area is 162 Å². The summed E-state index contributed by atoms with van der Waals surface area (Å²) >= 11 is 0. The Kier molecular flexibility index (Phi) is 5.09. The highest BCUT2D eigenvalue weighted by Crippen LogP contribution is 2.25. The molecule has 2 aromatic heterocycles. The van der Waals surface area contributed by atoms with Crippen LogP contribution in [0, 0.1) is 6.92 Å². The maximum atomic E-state index is 12.9. The van der Waals surface area contributed by atoms with E-state index in [1.165, 1.54) is 10.7 Å². The smallest absolute Gasteiger partial charge is 0.282 e.